The zero-order valence-corrected chi connectivity index (χ0v) is 13.5. The van der Waals surface area contributed by atoms with Crippen LogP contribution in [0.2, 0.25) is 0 Å². The molecule has 0 saturated heterocycles. The van der Waals surface area contributed by atoms with Gasteiger partial charge in [-0.25, -0.2) is 9.97 Å². The van der Waals surface area contributed by atoms with Crippen molar-refractivity contribution in [3.05, 3.63) is 41.7 Å². The fourth-order valence-electron chi connectivity index (χ4n) is 2.23. The summed E-state index contributed by atoms with van der Waals surface area (Å²) in [5.74, 6) is 2.27. The van der Waals surface area contributed by atoms with Crippen LogP contribution < -0.4 is 5.32 Å². The van der Waals surface area contributed by atoms with Crippen LogP contribution in [0.3, 0.4) is 0 Å². The lowest BCUT2D eigenvalue weighted by atomic mass is 10.0. The number of aromatic nitrogens is 2. The Kier molecular flexibility index (Phi) is 5.32. The molecule has 1 atom stereocenters. The first-order chi connectivity index (χ1) is 10.2. The Bertz CT molecular complexity index is 579. The molecular formula is C18H25N3. The van der Waals surface area contributed by atoms with E-state index in [1.165, 1.54) is 0 Å². The van der Waals surface area contributed by atoms with E-state index in [0.29, 0.717) is 5.92 Å². The highest BCUT2D eigenvalue weighted by atomic mass is 15.0. The SMILES string of the molecule is CCCNc1nc(C(C)CC)nc(-c2ccccc2)c1C. The summed E-state index contributed by atoms with van der Waals surface area (Å²) in [5.41, 5.74) is 3.32. The summed E-state index contributed by atoms with van der Waals surface area (Å²) in [7, 11) is 0. The van der Waals surface area contributed by atoms with Gasteiger partial charge in [-0.1, -0.05) is 51.1 Å². The van der Waals surface area contributed by atoms with Gasteiger partial charge in [-0.05, 0) is 19.8 Å². The van der Waals surface area contributed by atoms with Crippen molar-refractivity contribution in [2.75, 3.05) is 11.9 Å². The van der Waals surface area contributed by atoms with Gasteiger partial charge in [0.2, 0.25) is 0 Å². The summed E-state index contributed by atoms with van der Waals surface area (Å²) in [6.07, 6.45) is 2.13. The van der Waals surface area contributed by atoms with Gasteiger partial charge in [0.15, 0.2) is 0 Å². The first kappa shape index (κ1) is 15.5. The Morgan fingerprint density at radius 1 is 1.10 bits per heavy atom. The van der Waals surface area contributed by atoms with Gasteiger partial charge in [0.25, 0.3) is 0 Å². The molecule has 2 rings (SSSR count). The van der Waals surface area contributed by atoms with Crippen molar-refractivity contribution in [1.82, 2.24) is 9.97 Å². The van der Waals surface area contributed by atoms with Gasteiger partial charge in [-0.2, -0.15) is 0 Å². The number of hydrogen-bond donors (Lipinski definition) is 1. The average Bonchev–Trinajstić information content (AvgIpc) is 2.54. The van der Waals surface area contributed by atoms with E-state index in [4.69, 9.17) is 9.97 Å². The Morgan fingerprint density at radius 2 is 1.81 bits per heavy atom. The lowest BCUT2D eigenvalue weighted by Crippen LogP contribution is -2.10. The van der Waals surface area contributed by atoms with Gasteiger partial charge in [0.05, 0.1) is 5.69 Å². The molecule has 0 fully saturated rings. The van der Waals surface area contributed by atoms with Gasteiger partial charge < -0.3 is 5.32 Å². The third-order valence-electron chi connectivity index (χ3n) is 3.81. The lowest BCUT2D eigenvalue weighted by molar-refractivity contribution is 0.678. The molecule has 0 aliphatic heterocycles. The molecule has 0 radical (unpaired) electrons. The van der Waals surface area contributed by atoms with E-state index in [0.717, 1.165) is 47.8 Å². The third kappa shape index (κ3) is 3.60. The summed E-state index contributed by atoms with van der Waals surface area (Å²) in [6.45, 7) is 9.56. The molecule has 3 heteroatoms. The van der Waals surface area contributed by atoms with Gasteiger partial charge >= 0.3 is 0 Å². The highest BCUT2D eigenvalue weighted by Gasteiger charge is 2.15. The van der Waals surface area contributed by atoms with Crippen molar-refractivity contribution in [2.45, 2.75) is 46.5 Å². The van der Waals surface area contributed by atoms with E-state index in [2.05, 4.69) is 57.3 Å². The number of benzene rings is 1. The lowest BCUT2D eigenvalue weighted by Gasteiger charge is -2.16. The largest absolute Gasteiger partial charge is 0.370 e. The maximum absolute atomic E-state index is 4.83. The predicted molar refractivity (Wildman–Crippen MR) is 89.7 cm³/mol. The summed E-state index contributed by atoms with van der Waals surface area (Å²) in [4.78, 5) is 9.58. The summed E-state index contributed by atoms with van der Waals surface area (Å²) >= 11 is 0. The Balaban J connectivity index is 2.52. The predicted octanol–water partition coefficient (Wildman–Crippen LogP) is 4.79. The molecule has 2 aromatic rings. The van der Waals surface area contributed by atoms with Crippen LogP contribution in [0.4, 0.5) is 5.82 Å². The molecule has 1 unspecified atom stereocenters. The zero-order chi connectivity index (χ0) is 15.2. The minimum Gasteiger partial charge on any atom is -0.370 e. The van der Waals surface area contributed by atoms with Crippen molar-refractivity contribution in [1.29, 1.82) is 0 Å². The highest BCUT2D eigenvalue weighted by molar-refractivity contribution is 5.68. The van der Waals surface area contributed by atoms with Gasteiger partial charge in [0.1, 0.15) is 11.6 Å². The average molecular weight is 283 g/mol. The molecule has 0 bridgehead atoms. The normalized spacial score (nSPS) is 12.2. The van der Waals surface area contributed by atoms with Crippen LogP contribution in [-0.4, -0.2) is 16.5 Å². The Labute approximate surface area is 127 Å². The molecular weight excluding hydrogens is 258 g/mol. The number of anilines is 1. The molecule has 1 aromatic carbocycles. The van der Waals surface area contributed by atoms with E-state index in [9.17, 15) is 0 Å². The molecule has 112 valence electrons. The van der Waals surface area contributed by atoms with Crippen LogP contribution in [0.15, 0.2) is 30.3 Å². The summed E-state index contributed by atoms with van der Waals surface area (Å²) in [5, 5.41) is 3.44. The zero-order valence-electron chi connectivity index (χ0n) is 13.5. The van der Waals surface area contributed by atoms with Crippen molar-refractivity contribution in [2.24, 2.45) is 0 Å². The van der Waals surface area contributed by atoms with Crippen LogP contribution in [0, 0.1) is 6.92 Å². The van der Waals surface area contributed by atoms with Gasteiger partial charge in [-0.3, -0.25) is 0 Å². The molecule has 0 aliphatic carbocycles. The van der Waals surface area contributed by atoms with E-state index in [1.54, 1.807) is 0 Å². The number of hydrogen-bond acceptors (Lipinski definition) is 3. The first-order valence-electron chi connectivity index (χ1n) is 7.85. The smallest absolute Gasteiger partial charge is 0.134 e. The monoisotopic (exact) mass is 283 g/mol. The first-order valence-corrected chi connectivity index (χ1v) is 7.85. The van der Waals surface area contributed by atoms with Crippen LogP contribution in [0.1, 0.15) is 50.9 Å². The minimum atomic E-state index is 0.371. The van der Waals surface area contributed by atoms with Crippen LogP contribution in [0.25, 0.3) is 11.3 Å². The van der Waals surface area contributed by atoms with Crippen molar-refractivity contribution in [3.8, 4) is 11.3 Å². The molecule has 0 saturated carbocycles. The Hall–Kier alpha value is -1.90. The summed E-state index contributed by atoms with van der Waals surface area (Å²) < 4.78 is 0. The third-order valence-corrected chi connectivity index (χ3v) is 3.81. The maximum atomic E-state index is 4.83. The topological polar surface area (TPSA) is 37.8 Å². The number of rotatable bonds is 6. The second kappa shape index (κ2) is 7.21. The van der Waals surface area contributed by atoms with Crippen LogP contribution in [-0.2, 0) is 0 Å². The van der Waals surface area contributed by atoms with E-state index in [-0.39, 0.29) is 0 Å². The quantitative estimate of drug-likeness (QED) is 0.828. The maximum Gasteiger partial charge on any atom is 0.134 e. The van der Waals surface area contributed by atoms with Crippen LogP contribution >= 0.6 is 0 Å². The van der Waals surface area contributed by atoms with Gasteiger partial charge in [0, 0.05) is 23.6 Å². The highest BCUT2D eigenvalue weighted by Crippen LogP contribution is 2.28. The number of nitrogens with one attached hydrogen (secondary N) is 1. The Morgan fingerprint density at radius 3 is 2.43 bits per heavy atom. The van der Waals surface area contributed by atoms with E-state index in [1.807, 2.05) is 6.07 Å². The van der Waals surface area contributed by atoms with Crippen molar-refractivity contribution < 1.29 is 0 Å². The molecule has 1 heterocycles. The molecule has 1 aromatic heterocycles. The molecule has 3 nitrogen and oxygen atoms in total. The minimum absolute atomic E-state index is 0.371. The van der Waals surface area contributed by atoms with Crippen molar-refractivity contribution in [3.63, 3.8) is 0 Å². The fraction of sp³-hybridized carbons (Fsp3) is 0.444. The molecule has 0 aliphatic rings. The molecule has 0 spiro atoms. The van der Waals surface area contributed by atoms with E-state index < -0.39 is 0 Å². The fourth-order valence-corrected chi connectivity index (χ4v) is 2.23. The molecule has 0 amide bonds. The number of nitrogens with zero attached hydrogens (tertiary/aromatic N) is 2. The van der Waals surface area contributed by atoms with E-state index >= 15 is 0 Å². The second-order valence-electron chi connectivity index (χ2n) is 5.51. The summed E-state index contributed by atoms with van der Waals surface area (Å²) in [6, 6.07) is 10.4. The van der Waals surface area contributed by atoms with Crippen molar-refractivity contribution >= 4 is 5.82 Å². The van der Waals surface area contributed by atoms with Gasteiger partial charge in [-0.15, -0.1) is 0 Å². The molecule has 21 heavy (non-hydrogen) atoms. The second-order valence-corrected chi connectivity index (χ2v) is 5.51. The van der Waals surface area contributed by atoms with Crippen LogP contribution in [0.5, 0.6) is 0 Å². The standard InChI is InChI=1S/C18H25N3/c1-5-12-19-18-14(4)16(15-10-8-7-9-11-15)20-17(21-18)13(3)6-2/h7-11,13H,5-6,12H2,1-4H3,(H,19,20,21). The molecule has 1 N–H and O–H groups in total.